The van der Waals surface area contributed by atoms with Gasteiger partial charge in [0.15, 0.2) is 0 Å². The van der Waals surface area contributed by atoms with Crippen molar-refractivity contribution in [1.82, 2.24) is 5.43 Å². The Hall–Kier alpha value is -1.84. The van der Waals surface area contributed by atoms with Gasteiger partial charge in [-0.1, -0.05) is 19.1 Å². The van der Waals surface area contributed by atoms with Gasteiger partial charge < -0.3 is 4.74 Å². The highest BCUT2D eigenvalue weighted by molar-refractivity contribution is 5.82. The zero-order chi connectivity index (χ0) is 11.8. The summed E-state index contributed by atoms with van der Waals surface area (Å²) in [6.07, 6.45) is 2.91. The minimum absolute atomic E-state index is 0.0679. The van der Waals surface area contributed by atoms with Crippen LogP contribution in [-0.2, 0) is 4.79 Å². The van der Waals surface area contributed by atoms with Crippen molar-refractivity contribution in [3.05, 3.63) is 29.8 Å². The summed E-state index contributed by atoms with van der Waals surface area (Å²) in [5.41, 5.74) is 3.34. The lowest BCUT2D eigenvalue weighted by Crippen LogP contribution is -2.16. The van der Waals surface area contributed by atoms with Crippen molar-refractivity contribution in [2.45, 2.75) is 19.8 Å². The van der Waals surface area contributed by atoms with Gasteiger partial charge in [0, 0.05) is 6.42 Å². The first kappa shape index (κ1) is 12.2. The Balaban J connectivity index is 2.52. The zero-order valence-electron chi connectivity index (χ0n) is 9.56. The van der Waals surface area contributed by atoms with Crippen molar-refractivity contribution in [3.8, 4) is 5.75 Å². The molecule has 0 spiro atoms. The molecule has 1 aromatic carbocycles. The molecule has 0 saturated carbocycles. The monoisotopic (exact) mass is 220 g/mol. The smallest absolute Gasteiger partial charge is 0.240 e. The van der Waals surface area contributed by atoms with Gasteiger partial charge in [0.05, 0.1) is 13.3 Å². The van der Waals surface area contributed by atoms with E-state index < -0.39 is 0 Å². The molecule has 4 heteroatoms. The molecule has 1 amide bonds. The summed E-state index contributed by atoms with van der Waals surface area (Å²) in [7, 11) is 1.61. The van der Waals surface area contributed by atoms with Gasteiger partial charge >= 0.3 is 0 Å². The van der Waals surface area contributed by atoms with E-state index in [4.69, 9.17) is 4.74 Å². The first-order valence-electron chi connectivity index (χ1n) is 5.22. The second-order valence-corrected chi connectivity index (χ2v) is 3.32. The van der Waals surface area contributed by atoms with E-state index >= 15 is 0 Å². The third kappa shape index (κ3) is 4.13. The number of nitrogens with one attached hydrogen (secondary N) is 1. The van der Waals surface area contributed by atoms with Crippen molar-refractivity contribution in [3.63, 3.8) is 0 Å². The highest BCUT2D eigenvalue weighted by Crippen LogP contribution is 2.10. The summed E-state index contributed by atoms with van der Waals surface area (Å²) in [5, 5.41) is 3.86. The normalized spacial score (nSPS) is 10.4. The summed E-state index contributed by atoms with van der Waals surface area (Å²) in [4.78, 5) is 11.1. The van der Waals surface area contributed by atoms with Gasteiger partial charge in [-0.25, -0.2) is 5.43 Å². The molecule has 0 atom stereocenters. The van der Waals surface area contributed by atoms with Gasteiger partial charge in [-0.15, -0.1) is 0 Å². The van der Waals surface area contributed by atoms with E-state index in [1.54, 1.807) is 13.3 Å². The molecular weight excluding hydrogens is 204 g/mol. The fourth-order valence-corrected chi connectivity index (χ4v) is 1.18. The Bertz CT molecular complexity index is 375. The molecule has 0 aliphatic heterocycles. The Morgan fingerprint density at radius 2 is 2.38 bits per heavy atom. The molecule has 86 valence electrons. The number of methoxy groups -OCH3 is 1. The summed E-state index contributed by atoms with van der Waals surface area (Å²) < 4.78 is 5.07. The summed E-state index contributed by atoms with van der Waals surface area (Å²) >= 11 is 0. The standard InChI is InChI=1S/C12H16N2O2/c1-3-5-12(15)14-13-9-10-6-4-7-11(8-10)16-2/h4,6-9H,3,5H2,1-2H3,(H,14,15)/b13-9+. The van der Waals surface area contributed by atoms with E-state index in [-0.39, 0.29) is 5.91 Å². The van der Waals surface area contributed by atoms with Crippen LogP contribution in [0.25, 0.3) is 0 Å². The van der Waals surface area contributed by atoms with E-state index in [2.05, 4.69) is 10.5 Å². The molecular formula is C12H16N2O2. The number of hydrogen-bond acceptors (Lipinski definition) is 3. The van der Waals surface area contributed by atoms with E-state index in [0.717, 1.165) is 17.7 Å². The molecule has 0 radical (unpaired) electrons. The minimum atomic E-state index is -0.0679. The summed E-state index contributed by atoms with van der Waals surface area (Å²) in [6, 6.07) is 7.45. The lowest BCUT2D eigenvalue weighted by atomic mass is 10.2. The first-order valence-corrected chi connectivity index (χ1v) is 5.22. The van der Waals surface area contributed by atoms with Crippen LogP contribution in [0.15, 0.2) is 29.4 Å². The van der Waals surface area contributed by atoms with Gasteiger partial charge in [0.25, 0.3) is 0 Å². The Morgan fingerprint density at radius 1 is 1.56 bits per heavy atom. The van der Waals surface area contributed by atoms with Crippen LogP contribution in [0, 0.1) is 0 Å². The Morgan fingerprint density at radius 3 is 3.06 bits per heavy atom. The number of ether oxygens (including phenoxy) is 1. The van der Waals surface area contributed by atoms with Crippen LogP contribution in [0.5, 0.6) is 5.75 Å². The molecule has 1 N–H and O–H groups in total. The predicted molar refractivity (Wildman–Crippen MR) is 63.6 cm³/mol. The van der Waals surface area contributed by atoms with Crippen LogP contribution in [0.2, 0.25) is 0 Å². The molecule has 0 unspecified atom stereocenters. The van der Waals surface area contributed by atoms with Crippen LogP contribution >= 0.6 is 0 Å². The lowest BCUT2D eigenvalue weighted by molar-refractivity contribution is -0.121. The minimum Gasteiger partial charge on any atom is -0.497 e. The molecule has 1 rings (SSSR count). The molecule has 0 aliphatic carbocycles. The van der Waals surface area contributed by atoms with Gasteiger partial charge in [-0.05, 0) is 24.1 Å². The third-order valence-corrected chi connectivity index (χ3v) is 1.97. The van der Waals surface area contributed by atoms with E-state index in [1.807, 2.05) is 31.2 Å². The number of hydrogen-bond donors (Lipinski definition) is 1. The first-order chi connectivity index (χ1) is 7.76. The maximum atomic E-state index is 11.1. The second kappa shape index (κ2) is 6.61. The van der Waals surface area contributed by atoms with Crippen molar-refractivity contribution in [2.24, 2.45) is 5.10 Å². The van der Waals surface area contributed by atoms with Crippen molar-refractivity contribution in [1.29, 1.82) is 0 Å². The number of rotatable bonds is 5. The summed E-state index contributed by atoms with van der Waals surface area (Å²) in [5.74, 6) is 0.700. The number of hydrazone groups is 1. The lowest BCUT2D eigenvalue weighted by Gasteiger charge is -2.00. The highest BCUT2D eigenvalue weighted by atomic mass is 16.5. The van der Waals surface area contributed by atoms with E-state index in [9.17, 15) is 4.79 Å². The van der Waals surface area contributed by atoms with Crippen molar-refractivity contribution in [2.75, 3.05) is 7.11 Å². The maximum Gasteiger partial charge on any atom is 0.240 e. The SMILES string of the molecule is CCCC(=O)N/N=C/c1cccc(OC)c1. The fraction of sp³-hybridized carbons (Fsp3) is 0.333. The second-order valence-electron chi connectivity index (χ2n) is 3.32. The molecule has 0 fully saturated rings. The van der Waals surface area contributed by atoms with Gasteiger partial charge in [0.1, 0.15) is 5.75 Å². The third-order valence-electron chi connectivity index (χ3n) is 1.97. The fourth-order valence-electron chi connectivity index (χ4n) is 1.18. The van der Waals surface area contributed by atoms with Gasteiger partial charge in [0.2, 0.25) is 5.91 Å². The van der Waals surface area contributed by atoms with E-state index in [1.165, 1.54) is 0 Å². The average Bonchev–Trinajstić information content (AvgIpc) is 2.30. The number of benzene rings is 1. The molecule has 1 aromatic rings. The zero-order valence-corrected chi connectivity index (χ0v) is 9.56. The van der Waals surface area contributed by atoms with Gasteiger partial charge in [-0.2, -0.15) is 5.10 Å². The van der Waals surface area contributed by atoms with Crippen LogP contribution in [0.1, 0.15) is 25.3 Å². The number of carbonyl (C=O) groups is 1. The topological polar surface area (TPSA) is 50.7 Å². The Labute approximate surface area is 95.3 Å². The molecule has 4 nitrogen and oxygen atoms in total. The van der Waals surface area contributed by atoms with Crippen LogP contribution in [-0.4, -0.2) is 19.2 Å². The van der Waals surface area contributed by atoms with E-state index in [0.29, 0.717) is 6.42 Å². The predicted octanol–water partition coefficient (Wildman–Crippen LogP) is 1.95. The quantitative estimate of drug-likeness (QED) is 0.609. The largest absolute Gasteiger partial charge is 0.497 e. The summed E-state index contributed by atoms with van der Waals surface area (Å²) in [6.45, 7) is 1.95. The molecule has 0 saturated heterocycles. The number of carbonyl (C=O) groups excluding carboxylic acids is 1. The maximum absolute atomic E-state index is 11.1. The van der Waals surface area contributed by atoms with Crippen LogP contribution in [0.3, 0.4) is 0 Å². The molecule has 0 heterocycles. The highest BCUT2D eigenvalue weighted by Gasteiger charge is 1.95. The van der Waals surface area contributed by atoms with Crippen LogP contribution < -0.4 is 10.2 Å². The van der Waals surface area contributed by atoms with Crippen molar-refractivity contribution < 1.29 is 9.53 Å². The van der Waals surface area contributed by atoms with Crippen molar-refractivity contribution >= 4 is 12.1 Å². The molecule has 0 aliphatic rings. The molecule has 0 bridgehead atoms. The van der Waals surface area contributed by atoms with Crippen LogP contribution in [0.4, 0.5) is 0 Å². The Kier molecular flexibility index (Phi) is 5.05. The number of nitrogens with zero attached hydrogens (tertiary/aromatic N) is 1. The number of amides is 1. The molecule has 16 heavy (non-hydrogen) atoms. The molecule has 0 aromatic heterocycles. The average molecular weight is 220 g/mol. The van der Waals surface area contributed by atoms with Gasteiger partial charge in [-0.3, -0.25) is 4.79 Å².